The number of fused-ring (bicyclic) bond motifs is 6. The molecule has 3 aliphatic carbocycles. The Morgan fingerprint density at radius 2 is 0.833 bits per heavy atom. The number of hydrogen-bond donors (Lipinski definition) is 3. The maximum absolute atomic E-state index is 6.39. The van der Waals surface area contributed by atoms with E-state index in [0.717, 1.165) is 138 Å². The second-order valence-electron chi connectivity index (χ2n) is 19.7. The third-order valence-electron chi connectivity index (χ3n) is 15.5. The molecule has 3 aliphatic heterocycles. The average Bonchev–Trinajstić information content (AvgIpc) is 3.75. The summed E-state index contributed by atoms with van der Waals surface area (Å²) < 4.78 is 6.32. The maximum atomic E-state index is 6.39. The molecule has 72 heavy (non-hydrogen) atoms. The largest absolute Gasteiger partial charge is 0.317 e. The zero-order chi connectivity index (χ0) is 50.0. The number of halogens is 9. The molecule has 6 aromatic rings. The molecule has 376 valence electrons. The van der Waals surface area contributed by atoms with Gasteiger partial charge in [0.2, 0.25) is 0 Å². The molecule has 0 saturated carbocycles. The lowest BCUT2D eigenvalue weighted by Crippen LogP contribution is -2.32. The van der Waals surface area contributed by atoms with E-state index < -0.39 is 0 Å². The number of piperidine rings is 3. The predicted molar refractivity (Wildman–Crippen MR) is 318 cm³/mol. The van der Waals surface area contributed by atoms with E-state index >= 15 is 0 Å². The van der Waals surface area contributed by atoms with Gasteiger partial charge in [0.15, 0.2) is 0 Å². The Morgan fingerprint density at radius 1 is 0.431 bits per heavy atom. The number of aromatic nitrogens is 3. The Balaban J connectivity index is 0.000000124. The van der Waals surface area contributed by atoms with Crippen molar-refractivity contribution >= 4 is 136 Å². The van der Waals surface area contributed by atoms with Crippen molar-refractivity contribution in [1.29, 1.82) is 0 Å². The summed E-state index contributed by atoms with van der Waals surface area (Å²) in [6, 6.07) is 19.4. The smallest absolute Gasteiger partial charge is 0.0740 e. The average molecular weight is 1410 g/mol. The summed E-state index contributed by atoms with van der Waals surface area (Å²) in [5, 5.41) is 12.8. The van der Waals surface area contributed by atoms with Gasteiger partial charge in [-0.2, -0.15) is 0 Å². The van der Waals surface area contributed by atoms with Crippen LogP contribution in [0.4, 0.5) is 0 Å². The summed E-state index contributed by atoms with van der Waals surface area (Å²) in [6.45, 7) is 6.45. The number of nitrogens with zero attached hydrogens (tertiary/aromatic N) is 3. The second kappa shape index (κ2) is 24.4. The SMILES string of the molecule is Clc1ccc2c(c1Br)CCc1cc(Br)cnc1C2=C1CCNCC1.Clc1ccc2c(c1Br)CCc1cc(Br)cnc1C2C1CCNCC1.Clc1ccc2c(c1Br)CCc1cc(Br)cnc1C2C1CCNCC1. The van der Waals surface area contributed by atoms with Crippen molar-refractivity contribution in [1.82, 2.24) is 30.9 Å². The molecule has 6 nitrogen and oxygen atoms in total. The maximum Gasteiger partial charge on any atom is 0.0740 e. The van der Waals surface area contributed by atoms with Gasteiger partial charge in [0, 0.05) is 62.8 Å². The molecule has 15 heteroatoms. The molecule has 0 radical (unpaired) electrons. The zero-order valence-corrected chi connectivity index (χ0v) is 51.5. The lowest BCUT2D eigenvalue weighted by Gasteiger charge is -2.32. The molecule has 6 heterocycles. The highest BCUT2D eigenvalue weighted by atomic mass is 79.9. The molecule has 3 aromatic heterocycles. The minimum absolute atomic E-state index is 0.362. The minimum atomic E-state index is 0.362. The van der Waals surface area contributed by atoms with Gasteiger partial charge in [0.05, 0.1) is 32.1 Å². The van der Waals surface area contributed by atoms with Gasteiger partial charge in [-0.3, -0.25) is 15.0 Å². The standard InChI is InChI=1S/2C19H19Br2ClN2.C19H17Br2ClN2/c3*20-13-9-12-1-2-15-14(3-4-16(22)18(15)21)17(19(12)24-10-13)11-5-7-23-8-6-11/h2*3-4,9-11,17,23H,1-2,5-8H2;3-4,9-10,23H,1-2,5-8H2. The Hall–Kier alpha value is -1.52. The number of aryl methyl sites for hydroxylation is 3. The first kappa shape index (κ1) is 53.9. The minimum Gasteiger partial charge on any atom is -0.317 e. The fourth-order valence-electron chi connectivity index (χ4n) is 12.1. The predicted octanol–water partition coefficient (Wildman–Crippen LogP) is 16.5. The van der Waals surface area contributed by atoms with Gasteiger partial charge >= 0.3 is 0 Å². The van der Waals surface area contributed by atoms with Crippen LogP contribution in [0.1, 0.15) is 118 Å². The van der Waals surface area contributed by atoms with Crippen molar-refractivity contribution in [2.75, 3.05) is 39.3 Å². The molecule has 6 aliphatic rings. The Labute approximate surface area is 489 Å². The zero-order valence-electron chi connectivity index (χ0n) is 39.7. The Bertz CT molecular complexity index is 2890. The highest BCUT2D eigenvalue weighted by Crippen LogP contribution is 2.48. The Morgan fingerprint density at radius 3 is 1.33 bits per heavy atom. The van der Waals surface area contributed by atoms with Crippen molar-refractivity contribution in [2.24, 2.45) is 11.8 Å². The molecule has 0 amide bonds. The van der Waals surface area contributed by atoms with Gasteiger partial charge in [-0.05, 0) is 310 Å². The molecule has 2 atom stereocenters. The topological polar surface area (TPSA) is 74.8 Å². The molecule has 3 aromatic carbocycles. The normalized spacial score (nSPS) is 19.8. The van der Waals surface area contributed by atoms with E-state index in [4.69, 9.17) is 49.8 Å². The van der Waals surface area contributed by atoms with Crippen LogP contribution in [-0.2, 0) is 38.5 Å². The molecular formula is C57H55Br6Cl3N6. The third-order valence-corrected chi connectivity index (χ3v) is 21.1. The summed E-state index contributed by atoms with van der Waals surface area (Å²) in [5.41, 5.74) is 18.7. The first-order chi connectivity index (χ1) is 34.9. The Kier molecular flexibility index (Phi) is 18.3. The van der Waals surface area contributed by atoms with Crippen LogP contribution in [0.3, 0.4) is 0 Å². The summed E-state index contributed by atoms with van der Waals surface area (Å²) in [6.07, 6.45) is 18.7. The van der Waals surface area contributed by atoms with Crippen LogP contribution in [0, 0.1) is 11.8 Å². The summed E-state index contributed by atoms with van der Waals surface area (Å²) in [5.74, 6) is 1.98. The van der Waals surface area contributed by atoms with Crippen LogP contribution < -0.4 is 16.0 Å². The second-order valence-corrected chi connectivity index (χ2v) is 26.0. The van der Waals surface area contributed by atoms with Crippen LogP contribution in [0.15, 0.2) is 106 Å². The van der Waals surface area contributed by atoms with Crippen LogP contribution >= 0.6 is 130 Å². The van der Waals surface area contributed by atoms with Crippen LogP contribution in [0.25, 0.3) is 5.57 Å². The van der Waals surface area contributed by atoms with Gasteiger partial charge in [-0.15, -0.1) is 0 Å². The number of benzene rings is 3. The van der Waals surface area contributed by atoms with Crippen LogP contribution in [0.5, 0.6) is 0 Å². The first-order valence-corrected chi connectivity index (χ1v) is 31.0. The van der Waals surface area contributed by atoms with Gasteiger partial charge in [0.1, 0.15) is 0 Å². The fraction of sp³-hybridized carbons (Fsp3) is 0.386. The molecule has 0 spiro atoms. The van der Waals surface area contributed by atoms with E-state index in [1.54, 1.807) is 0 Å². The van der Waals surface area contributed by atoms with E-state index in [0.29, 0.717) is 23.7 Å². The van der Waals surface area contributed by atoms with E-state index in [-0.39, 0.29) is 0 Å². The van der Waals surface area contributed by atoms with Crippen molar-refractivity contribution in [3.05, 3.63) is 188 Å². The molecule has 2 unspecified atom stereocenters. The summed E-state index contributed by atoms with van der Waals surface area (Å²) in [4.78, 5) is 14.6. The first-order valence-electron chi connectivity index (χ1n) is 25.1. The van der Waals surface area contributed by atoms with Crippen LogP contribution in [-0.4, -0.2) is 54.2 Å². The van der Waals surface area contributed by atoms with Crippen LogP contribution in [0.2, 0.25) is 15.1 Å². The van der Waals surface area contributed by atoms with Crippen molar-refractivity contribution in [3.8, 4) is 0 Å². The van der Waals surface area contributed by atoms with Gasteiger partial charge in [-0.25, -0.2) is 0 Å². The summed E-state index contributed by atoms with van der Waals surface area (Å²) in [7, 11) is 0. The monoisotopic (exact) mass is 1400 g/mol. The van der Waals surface area contributed by atoms with Crippen molar-refractivity contribution in [2.45, 2.75) is 88.9 Å². The number of nitrogens with one attached hydrogen (secondary N) is 3. The molecular weight excluding hydrogens is 1350 g/mol. The van der Waals surface area contributed by atoms with E-state index in [1.807, 2.05) is 36.8 Å². The fourth-order valence-corrected chi connectivity index (χ4v) is 15.4. The molecule has 3 fully saturated rings. The number of hydrogen-bond acceptors (Lipinski definition) is 6. The highest BCUT2D eigenvalue weighted by Gasteiger charge is 2.36. The quantitative estimate of drug-likeness (QED) is 0.160. The third kappa shape index (κ3) is 11.7. The van der Waals surface area contributed by atoms with Crippen molar-refractivity contribution in [3.63, 3.8) is 0 Å². The molecule has 3 N–H and O–H groups in total. The van der Waals surface area contributed by atoms with E-state index in [2.05, 4.69) is 148 Å². The van der Waals surface area contributed by atoms with Gasteiger partial charge < -0.3 is 16.0 Å². The number of rotatable bonds is 2. The lowest BCUT2D eigenvalue weighted by molar-refractivity contribution is 0.338. The highest BCUT2D eigenvalue weighted by molar-refractivity contribution is 9.11. The summed E-state index contributed by atoms with van der Waals surface area (Å²) >= 11 is 41.1. The molecule has 3 saturated heterocycles. The molecule has 0 bridgehead atoms. The van der Waals surface area contributed by atoms with Gasteiger partial charge in [0.25, 0.3) is 0 Å². The van der Waals surface area contributed by atoms with Gasteiger partial charge in [-0.1, -0.05) is 58.6 Å². The van der Waals surface area contributed by atoms with Crippen molar-refractivity contribution < 1.29 is 0 Å². The van der Waals surface area contributed by atoms with E-state index in [1.165, 1.54) is 98.3 Å². The number of pyridine rings is 3. The molecule has 12 rings (SSSR count). The van der Waals surface area contributed by atoms with E-state index in [9.17, 15) is 0 Å². The lowest BCUT2D eigenvalue weighted by atomic mass is 9.77.